The van der Waals surface area contributed by atoms with Gasteiger partial charge in [-0.25, -0.2) is 4.79 Å². The second-order valence-corrected chi connectivity index (χ2v) is 4.68. The van der Waals surface area contributed by atoms with E-state index >= 15 is 0 Å². The quantitative estimate of drug-likeness (QED) is 0.593. The Morgan fingerprint density at radius 2 is 1.90 bits per heavy atom. The highest BCUT2D eigenvalue weighted by molar-refractivity contribution is 5.98. The lowest BCUT2D eigenvalue weighted by molar-refractivity contribution is -0.125. The summed E-state index contributed by atoms with van der Waals surface area (Å²) in [6.07, 6.45) is 1.12. The van der Waals surface area contributed by atoms with Crippen LogP contribution in [0.2, 0.25) is 0 Å². The summed E-state index contributed by atoms with van der Waals surface area (Å²) >= 11 is 0. The van der Waals surface area contributed by atoms with Gasteiger partial charge in [0.05, 0.1) is 16.7 Å². The summed E-state index contributed by atoms with van der Waals surface area (Å²) in [6, 6.07) is 3.73. The van der Waals surface area contributed by atoms with Crippen LogP contribution in [0.5, 0.6) is 5.75 Å². The number of carboxylic acids is 1. The molecular formula is C14H20N2O4. The van der Waals surface area contributed by atoms with Crippen molar-refractivity contribution in [3.8, 4) is 5.75 Å². The fourth-order valence-corrected chi connectivity index (χ4v) is 1.98. The van der Waals surface area contributed by atoms with E-state index in [0.29, 0.717) is 12.8 Å². The maximum atomic E-state index is 12.3. The van der Waals surface area contributed by atoms with Crippen molar-refractivity contribution < 1.29 is 19.8 Å². The van der Waals surface area contributed by atoms with Crippen molar-refractivity contribution in [3.05, 3.63) is 23.8 Å². The van der Waals surface area contributed by atoms with Crippen LogP contribution in [-0.4, -0.2) is 28.6 Å². The van der Waals surface area contributed by atoms with E-state index in [2.05, 4.69) is 5.32 Å². The Kier molecular flexibility index (Phi) is 5.10. The summed E-state index contributed by atoms with van der Waals surface area (Å²) in [5.41, 5.74) is 5.03. The maximum Gasteiger partial charge on any atom is 0.335 e. The molecule has 0 saturated heterocycles. The Hall–Kier alpha value is -2.08. The average Bonchev–Trinajstić information content (AvgIpc) is 2.43. The summed E-state index contributed by atoms with van der Waals surface area (Å²) in [5, 5.41) is 21.2. The van der Waals surface area contributed by atoms with Gasteiger partial charge < -0.3 is 21.3 Å². The molecule has 110 valence electrons. The van der Waals surface area contributed by atoms with Crippen molar-refractivity contribution in [2.45, 2.75) is 26.7 Å². The van der Waals surface area contributed by atoms with E-state index in [9.17, 15) is 14.7 Å². The van der Waals surface area contributed by atoms with Gasteiger partial charge in [-0.15, -0.1) is 0 Å². The standard InChI is InChI=1S/C14H20N2O4/c1-3-14(4-2,8-15)13(20)16-10-7-9(12(18)19)5-6-11(10)17/h5-7,17H,3-4,8,15H2,1-2H3,(H,16,20)(H,18,19). The van der Waals surface area contributed by atoms with Crippen molar-refractivity contribution in [1.82, 2.24) is 0 Å². The van der Waals surface area contributed by atoms with Crippen LogP contribution in [0.4, 0.5) is 5.69 Å². The number of carbonyl (C=O) groups is 2. The van der Waals surface area contributed by atoms with Crippen LogP contribution in [0.25, 0.3) is 0 Å². The molecule has 0 aromatic heterocycles. The number of amides is 1. The van der Waals surface area contributed by atoms with Crippen molar-refractivity contribution in [3.63, 3.8) is 0 Å². The molecule has 20 heavy (non-hydrogen) atoms. The van der Waals surface area contributed by atoms with Crippen molar-refractivity contribution in [2.24, 2.45) is 11.1 Å². The molecule has 1 amide bonds. The second kappa shape index (κ2) is 6.38. The van der Waals surface area contributed by atoms with E-state index in [0.717, 1.165) is 0 Å². The zero-order valence-electron chi connectivity index (χ0n) is 11.6. The van der Waals surface area contributed by atoms with Gasteiger partial charge >= 0.3 is 5.97 Å². The highest BCUT2D eigenvalue weighted by Gasteiger charge is 2.33. The molecule has 0 saturated carbocycles. The third-order valence-electron chi connectivity index (χ3n) is 3.72. The SMILES string of the molecule is CCC(CC)(CN)C(=O)Nc1cc(C(=O)O)ccc1O. The molecule has 0 atom stereocenters. The highest BCUT2D eigenvalue weighted by atomic mass is 16.4. The van der Waals surface area contributed by atoms with Crippen molar-refractivity contribution in [1.29, 1.82) is 0 Å². The largest absolute Gasteiger partial charge is 0.506 e. The second-order valence-electron chi connectivity index (χ2n) is 4.68. The predicted molar refractivity (Wildman–Crippen MR) is 75.8 cm³/mol. The van der Waals surface area contributed by atoms with Gasteiger partial charge in [-0.3, -0.25) is 4.79 Å². The molecule has 6 nitrogen and oxygen atoms in total. The fourth-order valence-electron chi connectivity index (χ4n) is 1.98. The monoisotopic (exact) mass is 280 g/mol. The van der Waals surface area contributed by atoms with Gasteiger partial charge in [0.25, 0.3) is 0 Å². The van der Waals surface area contributed by atoms with Crippen LogP contribution >= 0.6 is 0 Å². The minimum atomic E-state index is -1.13. The van der Waals surface area contributed by atoms with E-state index in [-0.39, 0.29) is 29.5 Å². The number of phenols is 1. The Morgan fingerprint density at radius 1 is 1.30 bits per heavy atom. The molecule has 0 aliphatic carbocycles. The first kappa shape index (κ1) is 16.0. The lowest BCUT2D eigenvalue weighted by atomic mass is 9.81. The molecule has 1 rings (SSSR count). The molecule has 0 fully saturated rings. The van der Waals surface area contributed by atoms with Crippen LogP contribution in [-0.2, 0) is 4.79 Å². The lowest BCUT2D eigenvalue weighted by Crippen LogP contribution is -2.41. The topological polar surface area (TPSA) is 113 Å². The Labute approximate surface area is 117 Å². The van der Waals surface area contributed by atoms with Crippen molar-refractivity contribution >= 4 is 17.6 Å². The average molecular weight is 280 g/mol. The molecule has 1 aromatic rings. The fraction of sp³-hybridized carbons (Fsp3) is 0.429. The number of aromatic hydroxyl groups is 1. The molecule has 0 radical (unpaired) electrons. The maximum absolute atomic E-state index is 12.3. The van der Waals surface area contributed by atoms with Gasteiger partial charge in [-0.1, -0.05) is 13.8 Å². The van der Waals surface area contributed by atoms with E-state index in [4.69, 9.17) is 10.8 Å². The van der Waals surface area contributed by atoms with Crippen LogP contribution in [0.15, 0.2) is 18.2 Å². The number of anilines is 1. The number of nitrogens with two attached hydrogens (primary N) is 1. The Morgan fingerprint density at radius 3 is 2.35 bits per heavy atom. The van der Waals surface area contributed by atoms with Gasteiger partial charge in [-0.2, -0.15) is 0 Å². The van der Waals surface area contributed by atoms with Gasteiger partial charge in [0.2, 0.25) is 5.91 Å². The number of nitrogens with one attached hydrogen (secondary N) is 1. The third kappa shape index (κ3) is 3.08. The van der Waals surface area contributed by atoms with E-state index in [1.807, 2.05) is 13.8 Å². The smallest absolute Gasteiger partial charge is 0.335 e. The molecule has 1 aromatic carbocycles. The normalized spacial score (nSPS) is 11.2. The van der Waals surface area contributed by atoms with E-state index in [1.54, 1.807) is 0 Å². The molecule has 0 spiro atoms. The van der Waals surface area contributed by atoms with Crippen LogP contribution in [0.3, 0.4) is 0 Å². The molecule has 0 unspecified atom stereocenters. The molecular weight excluding hydrogens is 260 g/mol. The van der Waals surface area contributed by atoms with Crippen LogP contribution in [0.1, 0.15) is 37.0 Å². The molecule has 5 N–H and O–H groups in total. The van der Waals surface area contributed by atoms with Gasteiger partial charge in [0, 0.05) is 6.54 Å². The van der Waals surface area contributed by atoms with Gasteiger partial charge in [-0.05, 0) is 31.0 Å². The number of hydrogen-bond acceptors (Lipinski definition) is 4. The highest BCUT2D eigenvalue weighted by Crippen LogP contribution is 2.30. The number of hydrogen-bond donors (Lipinski definition) is 4. The number of aromatic carboxylic acids is 1. The van der Waals surface area contributed by atoms with Crippen molar-refractivity contribution in [2.75, 3.05) is 11.9 Å². The van der Waals surface area contributed by atoms with E-state index < -0.39 is 11.4 Å². The minimum Gasteiger partial charge on any atom is -0.506 e. The number of rotatable bonds is 6. The first-order valence-electron chi connectivity index (χ1n) is 6.48. The minimum absolute atomic E-state index is 0.00977. The summed E-state index contributed by atoms with van der Waals surface area (Å²) in [6.45, 7) is 3.91. The first-order chi connectivity index (χ1) is 9.40. The zero-order valence-corrected chi connectivity index (χ0v) is 11.6. The van der Waals surface area contributed by atoms with Crippen LogP contribution in [0, 0.1) is 5.41 Å². The Bertz CT molecular complexity index is 502. The molecule has 0 heterocycles. The lowest BCUT2D eigenvalue weighted by Gasteiger charge is -2.28. The first-order valence-corrected chi connectivity index (χ1v) is 6.48. The molecule has 0 aliphatic rings. The predicted octanol–water partition coefficient (Wildman–Crippen LogP) is 1.79. The zero-order chi connectivity index (χ0) is 15.3. The number of carbonyl (C=O) groups excluding carboxylic acids is 1. The number of benzene rings is 1. The Balaban J connectivity index is 3.06. The summed E-state index contributed by atoms with van der Waals surface area (Å²) in [7, 11) is 0. The summed E-state index contributed by atoms with van der Waals surface area (Å²) < 4.78 is 0. The van der Waals surface area contributed by atoms with E-state index in [1.165, 1.54) is 18.2 Å². The van der Waals surface area contributed by atoms with Crippen LogP contribution < -0.4 is 11.1 Å². The molecule has 0 bridgehead atoms. The third-order valence-corrected chi connectivity index (χ3v) is 3.72. The summed E-state index contributed by atoms with van der Waals surface area (Å²) in [4.78, 5) is 23.2. The number of carboxylic acid groups (broad SMARTS) is 1. The number of phenolic OH excluding ortho intramolecular Hbond substituents is 1. The molecule has 6 heteroatoms. The van der Waals surface area contributed by atoms with Gasteiger partial charge in [0.1, 0.15) is 5.75 Å². The molecule has 0 aliphatic heterocycles. The van der Waals surface area contributed by atoms with Gasteiger partial charge in [0.15, 0.2) is 0 Å². The summed E-state index contributed by atoms with van der Waals surface area (Å²) in [5.74, 6) is -1.62.